The first-order valence-corrected chi connectivity index (χ1v) is 6.10. The number of carbonyl (C=O) groups is 1. The van der Waals surface area contributed by atoms with E-state index in [4.69, 9.17) is 16.3 Å². The van der Waals surface area contributed by atoms with Crippen LogP contribution >= 0.6 is 27.5 Å². The van der Waals surface area contributed by atoms with Crippen molar-refractivity contribution in [2.45, 2.75) is 17.9 Å². The van der Waals surface area contributed by atoms with Crippen molar-refractivity contribution in [2.24, 2.45) is 0 Å². The third-order valence-electron chi connectivity index (χ3n) is 2.00. The first-order valence-electron chi connectivity index (χ1n) is 4.80. The minimum atomic E-state index is -0.948. The maximum absolute atomic E-state index is 11.4. The van der Waals surface area contributed by atoms with Gasteiger partial charge in [0.1, 0.15) is 10.9 Å². The highest BCUT2D eigenvalue weighted by molar-refractivity contribution is 9.10. The third-order valence-corrected chi connectivity index (χ3v) is 3.13. The quantitative estimate of drug-likeness (QED) is 0.687. The van der Waals surface area contributed by atoms with Gasteiger partial charge in [-0.25, -0.2) is 0 Å². The summed E-state index contributed by atoms with van der Waals surface area (Å²) in [5.74, 6) is -0.482. The van der Waals surface area contributed by atoms with E-state index in [0.717, 1.165) is 0 Å². The number of carbonyl (C=O) groups excluding carboxylic acids is 1. The molecule has 0 aliphatic heterocycles. The monoisotopic (exact) mass is 306 g/mol. The molecule has 0 saturated heterocycles. The van der Waals surface area contributed by atoms with Crippen molar-refractivity contribution >= 4 is 33.5 Å². The van der Waals surface area contributed by atoms with Crippen molar-refractivity contribution in [3.05, 3.63) is 34.9 Å². The molecule has 0 spiro atoms. The molecular weight excluding hydrogens is 295 g/mol. The number of alkyl halides is 1. The lowest BCUT2D eigenvalue weighted by molar-refractivity contribution is -0.144. The Bertz CT molecular complexity index is 353. The largest absolute Gasteiger partial charge is 0.465 e. The minimum absolute atomic E-state index is 0.286. The maximum Gasteiger partial charge on any atom is 0.322 e. The molecule has 0 amide bonds. The molecule has 2 atom stereocenters. The summed E-state index contributed by atoms with van der Waals surface area (Å²) in [6, 6.07) is 6.65. The zero-order valence-corrected chi connectivity index (χ0v) is 11.0. The van der Waals surface area contributed by atoms with E-state index in [2.05, 4.69) is 15.9 Å². The summed E-state index contributed by atoms with van der Waals surface area (Å²) in [5, 5.41) is 10.5. The molecule has 1 rings (SSSR count). The lowest BCUT2D eigenvalue weighted by Gasteiger charge is -2.16. The molecule has 1 aromatic carbocycles. The Balaban J connectivity index is 2.73. The number of aliphatic hydroxyl groups excluding tert-OH is 1. The number of benzene rings is 1. The van der Waals surface area contributed by atoms with Crippen LogP contribution in [0, 0.1) is 0 Å². The number of esters is 1. The molecule has 5 heteroatoms. The summed E-state index contributed by atoms with van der Waals surface area (Å²) in [6.07, 6.45) is -0.948. The Morgan fingerprint density at radius 1 is 1.50 bits per heavy atom. The highest BCUT2D eigenvalue weighted by Crippen LogP contribution is 2.24. The van der Waals surface area contributed by atoms with Crippen molar-refractivity contribution in [3.8, 4) is 0 Å². The van der Waals surface area contributed by atoms with Gasteiger partial charge in [-0.1, -0.05) is 39.7 Å². The molecular formula is C11H12BrClO3. The fraction of sp³-hybridized carbons (Fsp3) is 0.364. The van der Waals surface area contributed by atoms with Gasteiger partial charge >= 0.3 is 5.97 Å². The molecule has 0 fully saturated rings. The van der Waals surface area contributed by atoms with Crippen molar-refractivity contribution in [1.29, 1.82) is 0 Å². The number of hydrogen-bond acceptors (Lipinski definition) is 3. The summed E-state index contributed by atoms with van der Waals surface area (Å²) >= 11 is 8.83. The molecule has 1 aromatic rings. The van der Waals surface area contributed by atoms with E-state index in [9.17, 15) is 9.90 Å². The molecule has 0 radical (unpaired) electrons. The summed E-state index contributed by atoms with van der Waals surface area (Å²) in [5.41, 5.74) is 0.610. The van der Waals surface area contributed by atoms with Crippen LogP contribution in [0.2, 0.25) is 5.02 Å². The van der Waals surface area contributed by atoms with Crippen LogP contribution in [-0.4, -0.2) is 22.5 Å². The number of hydrogen-bond donors (Lipinski definition) is 1. The van der Waals surface area contributed by atoms with E-state index in [-0.39, 0.29) is 6.61 Å². The van der Waals surface area contributed by atoms with E-state index >= 15 is 0 Å². The van der Waals surface area contributed by atoms with Crippen molar-refractivity contribution in [3.63, 3.8) is 0 Å². The van der Waals surface area contributed by atoms with Gasteiger partial charge in [-0.2, -0.15) is 0 Å². The van der Waals surface area contributed by atoms with Gasteiger partial charge in [0.2, 0.25) is 0 Å². The topological polar surface area (TPSA) is 46.5 Å². The fourth-order valence-electron chi connectivity index (χ4n) is 1.18. The minimum Gasteiger partial charge on any atom is -0.465 e. The average Bonchev–Trinajstić information content (AvgIpc) is 2.28. The zero-order valence-electron chi connectivity index (χ0n) is 8.69. The van der Waals surface area contributed by atoms with Crippen LogP contribution in [-0.2, 0) is 9.53 Å². The highest BCUT2D eigenvalue weighted by Gasteiger charge is 2.26. The number of ether oxygens (including phenoxy) is 1. The maximum atomic E-state index is 11.4. The first kappa shape index (κ1) is 13.5. The number of aliphatic hydroxyl groups is 1. The molecule has 16 heavy (non-hydrogen) atoms. The van der Waals surface area contributed by atoms with E-state index in [1.165, 1.54) is 0 Å². The van der Waals surface area contributed by atoms with Gasteiger partial charge in [-0.3, -0.25) is 4.79 Å². The summed E-state index contributed by atoms with van der Waals surface area (Å²) in [4.78, 5) is 10.6. The Kier molecular flexibility index (Phi) is 5.25. The molecule has 0 aliphatic carbocycles. The summed E-state index contributed by atoms with van der Waals surface area (Å²) < 4.78 is 4.80. The number of rotatable bonds is 4. The van der Waals surface area contributed by atoms with Crippen LogP contribution in [0.4, 0.5) is 0 Å². The van der Waals surface area contributed by atoms with Gasteiger partial charge in [0.05, 0.1) is 6.61 Å². The van der Waals surface area contributed by atoms with E-state index in [1.807, 2.05) is 0 Å². The lowest BCUT2D eigenvalue weighted by Crippen LogP contribution is -2.24. The SMILES string of the molecule is CCOC(=O)[C@@H](Br)[C@@H](O)c1ccc(Cl)cc1. The van der Waals surface area contributed by atoms with Crippen molar-refractivity contribution < 1.29 is 14.6 Å². The Morgan fingerprint density at radius 2 is 2.06 bits per heavy atom. The van der Waals surface area contributed by atoms with Crippen molar-refractivity contribution in [1.82, 2.24) is 0 Å². The van der Waals surface area contributed by atoms with Crippen LogP contribution in [0.5, 0.6) is 0 Å². The second-order valence-electron chi connectivity index (χ2n) is 3.15. The third kappa shape index (κ3) is 3.47. The second-order valence-corrected chi connectivity index (χ2v) is 4.57. The molecule has 0 aliphatic rings. The first-order chi connectivity index (χ1) is 7.56. The normalized spacial score (nSPS) is 14.2. The average molecular weight is 308 g/mol. The summed E-state index contributed by atoms with van der Waals surface area (Å²) in [6.45, 7) is 2.00. The van der Waals surface area contributed by atoms with Crippen LogP contribution in [0.3, 0.4) is 0 Å². The molecule has 0 saturated carbocycles. The van der Waals surface area contributed by atoms with Gasteiger partial charge in [0.15, 0.2) is 0 Å². The van der Waals surface area contributed by atoms with Crippen LogP contribution in [0.15, 0.2) is 24.3 Å². The lowest BCUT2D eigenvalue weighted by atomic mass is 10.1. The van der Waals surface area contributed by atoms with E-state index < -0.39 is 16.9 Å². The van der Waals surface area contributed by atoms with Gasteiger partial charge < -0.3 is 9.84 Å². The summed E-state index contributed by atoms with van der Waals surface area (Å²) in [7, 11) is 0. The van der Waals surface area contributed by atoms with E-state index in [1.54, 1.807) is 31.2 Å². The molecule has 0 unspecified atom stereocenters. The van der Waals surface area contributed by atoms with Gasteiger partial charge in [0, 0.05) is 5.02 Å². The molecule has 0 heterocycles. The van der Waals surface area contributed by atoms with E-state index in [0.29, 0.717) is 10.6 Å². The van der Waals surface area contributed by atoms with Gasteiger partial charge in [-0.15, -0.1) is 0 Å². The Labute approximate surface area is 107 Å². The van der Waals surface area contributed by atoms with Crippen LogP contribution in [0.25, 0.3) is 0 Å². The predicted molar refractivity (Wildman–Crippen MR) is 65.8 cm³/mol. The molecule has 0 bridgehead atoms. The smallest absolute Gasteiger partial charge is 0.322 e. The van der Waals surface area contributed by atoms with Crippen LogP contribution in [0.1, 0.15) is 18.6 Å². The molecule has 0 aromatic heterocycles. The van der Waals surface area contributed by atoms with Gasteiger partial charge in [0.25, 0.3) is 0 Å². The molecule has 1 N–H and O–H groups in total. The molecule has 3 nitrogen and oxygen atoms in total. The highest BCUT2D eigenvalue weighted by atomic mass is 79.9. The molecule has 88 valence electrons. The van der Waals surface area contributed by atoms with Gasteiger partial charge in [-0.05, 0) is 24.6 Å². The number of halogens is 2. The zero-order chi connectivity index (χ0) is 12.1. The standard InChI is InChI=1S/C11H12BrClO3/c1-2-16-11(15)9(12)10(14)7-3-5-8(13)6-4-7/h3-6,9-10,14H,2H2,1H3/t9-,10-/m0/s1. The predicted octanol–water partition coefficient (Wildman–Crippen LogP) is 2.70. The second kappa shape index (κ2) is 6.23. The van der Waals surface area contributed by atoms with Crippen LogP contribution < -0.4 is 0 Å². The fourth-order valence-corrected chi connectivity index (χ4v) is 1.74. The Morgan fingerprint density at radius 3 is 2.56 bits per heavy atom. The Hall–Kier alpha value is -0.580. The van der Waals surface area contributed by atoms with Crippen molar-refractivity contribution in [2.75, 3.05) is 6.61 Å².